The Bertz CT molecular complexity index is 385. The van der Waals surface area contributed by atoms with Crippen molar-refractivity contribution >= 4 is 0 Å². The zero-order valence-electron chi connectivity index (χ0n) is 10.9. The lowest BCUT2D eigenvalue weighted by molar-refractivity contribution is -0.0108. The Morgan fingerprint density at radius 3 is 2.78 bits per heavy atom. The number of hydrogen-bond acceptors (Lipinski definition) is 4. The van der Waals surface area contributed by atoms with Gasteiger partial charge in [-0.3, -0.25) is 0 Å². The minimum Gasteiger partial charge on any atom is -0.493 e. The summed E-state index contributed by atoms with van der Waals surface area (Å²) in [6, 6.07) is 5.57. The van der Waals surface area contributed by atoms with Gasteiger partial charge in [-0.25, -0.2) is 0 Å². The summed E-state index contributed by atoms with van der Waals surface area (Å²) in [4.78, 5) is 0. The largest absolute Gasteiger partial charge is 0.493 e. The molecule has 2 rings (SSSR count). The van der Waals surface area contributed by atoms with Crippen molar-refractivity contribution in [2.24, 2.45) is 5.92 Å². The summed E-state index contributed by atoms with van der Waals surface area (Å²) >= 11 is 0. The van der Waals surface area contributed by atoms with E-state index in [-0.39, 0.29) is 5.92 Å². The first kappa shape index (κ1) is 13.2. The number of benzene rings is 1. The third-order valence-electron chi connectivity index (χ3n) is 3.39. The molecule has 2 unspecified atom stereocenters. The van der Waals surface area contributed by atoms with E-state index in [2.05, 4.69) is 0 Å². The molecule has 0 amide bonds. The van der Waals surface area contributed by atoms with E-state index in [1.165, 1.54) is 0 Å². The quantitative estimate of drug-likeness (QED) is 0.892. The normalized spacial score (nSPS) is 21.4. The number of aliphatic hydroxyl groups is 1. The summed E-state index contributed by atoms with van der Waals surface area (Å²) in [7, 11) is 3.18. The first-order chi connectivity index (χ1) is 8.77. The highest BCUT2D eigenvalue weighted by Crippen LogP contribution is 2.39. The van der Waals surface area contributed by atoms with Crippen molar-refractivity contribution in [2.75, 3.05) is 27.4 Å². The van der Waals surface area contributed by atoms with Crippen LogP contribution in [0.15, 0.2) is 18.2 Å². The predicted octanol–water partition coefficient (Wildman–Crippen LogP) is 2.16. The molecule has 0 aromatic heterocycles. The van der Waals surface area contributed by atoms with Gasteiger partial charge < -0.3 is 19.3 Å². The van der Waals surface area contributed by atoms with Gasteiger partial charge in [-0.05, 0) is 18.9 Å². The Morgan fingerprint density at radius 2 is 2.17 bits per heavy atom. The Balaban J connectivity index is 2.25. The lowest BCUT2D eigenvalue weighted by Gasteiger charge is -2.28. The summed E-state index contributed by atoms with van der Waals surface area (Å²) in [6.07, 6.45) is 1.39. The highest BCUT2D eigenvalue weighted by Gasteiger charge is 2.27. The van der Waals surface area contributed by atoms with E-state index < -0.39 is 6.10 Å². The van der Waals surface area contributed by atoms with Crippen molar-refractivity contribution in [3.05, 3.63) is 23.8 Å². The molecule has 1 N–H and O–H groups in total. The van der Waals surface area contributed by atoms with Crippen LogP contribution >= 0.6 is 0 Å². The van der Waals surface area contributed by atoms with Crippen LogP contribution in [0.2, 0.25) is 0 Å². The third kappa shape index (κ3) is 2.60. The zero-order valence-corrected chi connectivity index (χ0v) is 10.9. The molecule has 1 fully saturated rings. The topological polar surface area (TPSA) is 47.9 Å². The zero-order chi connectivity index (χ0) is 13.0. The number of aliphatic hydroxyl groups excluding tert-OH is 1. The highest BCUT2D eigenvalue weighted by molar-refractivity contribution is 5.47. The fraction of sp³-hybridized carbons (Fsp3) is 0.571. The monoisotopic (exact) mass is 252 g/mol. The molecule has 0 radical (unpaired) electrons. The number of ether oxygens (including phenoxy) is 3. The van der Waals surface area contributed by atoms with Crippen molar-refractivity contribution in [2.45, 2.75) is 18.9 Å². The van der Waals surface area contributed by atoms with E-state index in [4.69, 9.17) is 14.2 Å². The first-order valence-corrected chi connectivity index (χ1v) is 6.24. The Labute approximate surface area is 107 Å². The van der Waals surface area contributed by atoms with E-state index in [1.807, 2.05) is 18.2 Å². The molecule has 1 aromatic carbocycles. The van der Waals surface area contributed by atoms with Crippen LogP contribution in [0.1, 0.15) is 24.5 Å². The van der Waals surface area contributed by atoms with Crippen LogP contribution < -0.4 is 9.47 Å². The Morgan fingerprint density at radius 1 is 1.33 bits per heavy atom. The van der Waals surface area contributed by atoms with E-state index in [9.17, 15) is 5.11 Å². The van der Waals surface area contributed by atoms with E-state index in [0.29, 0.717) is 18.1 Å². The van der Waals surface area contributed by atoms with Gasteiger partial charge in [0.1, 0.15) is 0 Å². The summed E-state index contributed by atoms with van der Waals surface area (Å²) in [6.45, 7) is 1.39. The predicted molar refractivity (Wildman–Crippen MR) is 68.0 cm³/mol. The smallest absolute Gasteiger partial charge is 0.166 e. The van der Waals surface area contributed by atoms with Crippen LogP contribution in [0.4, 0.5) is 0 Å². The Hall–Kier alpha value is -1.26. The lowest BCUT2D eigenvalue weighted by atomic mass is 9.90. The molecular weight excluding hydrogens is 232 g/mol. The molecule has 1 saturated heterocycles. The fourth-order valence-corrected chi connectivity index (χ4v) is 2.41. The average molecular weight is 252 g/mol. The third-order valence-corrected chi connectivity index (χ3v) is 3.39. The van der Waals surface area contributed by atoms with E-state index >= 15 is 0 Å². The van der Waals surface area contributed by atoms with Crippen LogP contribution in [-0.2, 0) is 4.74 Å². The van der Waals surface area contributed by atoms with Crippen LogP contribution in [0.25, 0.3) is 0 Å². The molecule has 100 valence electrons. The number of rotatable bonds is 4. The molecule has 4 nitrogen and oxygen atoms in total. The molecule has 1 aliphatic heterocycles. The maximum Gasteiger partial charge on any atom is 0.166 e. The minimum atomic E-state index is -0.574. The molecule has 1 aromatic rings. The molecular formula is C14H20O4. The molecule has 0 spiro atoms. The number of para-hydroxylation sites is 1. The van der Waals surface area contributed by atoms with Gasteiger partial charge in [-0.2, -0.15) is 0 Å². The fourth-order valence-electron chi connectivity index (χ4n) is 2.41. The second-order valence-corrected chi connectivity index (χ2v) is 4.50. The van der Waals surface area contributed by atoms with Crippen molar-refractivity contribution in [3.8, 4) is 11.5 Å². The molecule has 2 atom stereocenters. The van der Waals surface area contributed by atoms with Gasteiger partial charge in [-0.1, -0.05) is 12.1 Å². The van der Waals surface area contributed by atoms with Gasteiger partial charge in [-0.15, -0.1) is 0 Å². The summed E-state index contributed by atoms with van der Waals surface area (Å²) in [5.74, 6) is 1.38. The van der Waals surface area contributed by atoms with Crippen molar-refractivity contribution in [3.63, 3.8) is 0 Å². The summed E-state index contributed by atoms with van der Waals surface area (Å²) in [5.41, 5.74) is 0.771. The average Bonchev–Trinajstić information content (AvgIpc) is 2.46. The molecule has 0 saturated carbocycles. The first-order valence-electron chi connectivity index (χ1n) is 6.24. The van der Waals surface area contributed by atoms with Gasteiger partial charge in [0.2, 0.25) is 0 Å². The highest BCUT2D eigenvalue weighted by atomic mass is 16.5. The molecule has 18 heavy (non-hydrogen) atoms. The van der Waals surface area contributed by atoms with Gasteiger partial charge in [0, 0.05) is 18.1 Å². The molecule has 4 heteroatoms. The van der Waals surface area contributed by atoms with Crippen LogP contribution in [0.3, 0.4) is 0 Å². The molecule has 0 aliphatic carbocycles. The van der Waals surface area contributed by atoms with Gasteiger partial charge in [0.15, 0.2) is 11.5 Å². The van der Waals surface area contributed by atoms with Gasteiger partial charge in [0.05, 0.1) is 26.9 Å². The van der Waals surface area contributed by atoms with Gasteiger partial charge >= 0.3 is 0 Å². The number of methoxy groups -OCH3 is 2. The number of hydrogen-bond donors (Lipinski definition) is 1. The molecule has 0 bridgehead atoms. The van der Waals surface area contributed by atoms with E-state index in [1.54, 1.807) is 14.2 Å². The SMILES string of the molecule is COc1cccc(C(O)C2CCCOC2)c1OC. The summed E-state index contributed by atoms with van der Waals surface area (Å²) in [5, 5.41) is 10.5. The molecule has 1 aliphatic rings. The second kappa shape index (κ2) is 6.07. The minimum absolute atomic E-state index is 0.125. The van der Waals surface area contributed by atoms with Crippen LogP contribution in [-0.4, -0.2) is 32.5 Å². The van der Waals surface area contributed by atoms with Crippen LogP contribution in [0.5, 0.6) is 11.5 Å². The van der Waals surface area contributed by atoms with Gasteiger partial charge in [0.25, 0.3) is 0 Å². The van der Waals surface area contributed by atoms with Crippen molar-refractivity contribution < 1.29 is 19.3 Å². The Kier molecular flexibility index (Phi) is 4.44. The van der Waals surface area contributed by atoms with Crippen molar-refractivity contribution in [1.29, 1.82) is 0 Å². The standard InChI is InChI=1S/C14H20O4/c1-16-12-7-3-6-11(14(12)17-2)13(15)10-5-4-8-18-9-10/h3,6-7,10,13,15H,4-5,8-9H2,1-2H3. The maximum atomic E-state index is 10.5. The van der Waals surface area contributed by atoms with E-state index in [0.717, 1.165) is 25.0 Å². The van der Waals surface area contributed by atoms with Crippen LogP contribution in [0, 0.1) is 5.92 Å². The second-order valence-electron chi connectivity index (χ2n) is 4.50. The summed E-state index contributed by atoms with van der Waals surface area (Å²) < 4.78 is 16.0. The van der Waals surface area contributed by atoms with Crippen molar-refractivity contribution in [1.82, 2.24) is 0 Å². The maximum absolute atomic E-state index is 10.5. The molecule has 1 heterocycles. The lowest BCUT2D eigenvalue weighted by Crippen LogP contribution is -2.24.